The second kappa shape index (κ2) is 5.90. The lowest BCUT2D eigenvalue weighted by molar-refractivity contribution is 0.227. The molecule has 1 aromatic rings. The maximum absolute atomic E-state index is 12.4. The number of nitrogens with one attached hydrogen (secondary N) is 1. The Morgan fingerprint density at radius 3 is 2.85 bits per heavy atom. The molecular weight excluding hydrogens is 274 g/mol. The monoisotopic (exact) mass is 293 g/mol. The van der Waals surface area contributed by atoms with E-state index in [4.69, 9.17) is 5.26 Å². The highest BCUT2D eigenvalue weighted by molar-refractivity contribution is 7.89. The molecule has 1 heterocycles. The first-order chi connectivity index (χ1) is 9.45. The van der Waals surface area contributed by atoms with Gasteiger partial charge in [0.15, 0.2) is 5.69 Å². The lowest BCUT2D eigenvalue weighted by Gasteiger charge is -2.34. The summed E-state index contributed by atoms with van der Waals surface area (Å²) < 4.78 is 27.6. The van der Waals surface area contributed by atoms with E-state index in [1.54, 1.807) is 0 Å². The largest absolute Gasteiger partial charge is 0.244 e. The Hall–Kier alpha value is -1.45. The molecule has 2 rings (SSSR count). The quantitative estimate of drug-likeness (QED) is 0.924. The summed E-state index contributed by atoms with van der Waals surface area (Å²) in [7, 11) is -3.69. The van der Waals surface area contributed by atoms with E-state index in [1.807, 2.05) is 6.07 Å². The van der Waals surface area contributed by atoms with Crippen LogP contribution in [0.4, 0.5) is 0 Å². The van der Waals surface area contributed by atoms with Gasteiger partial charge in [-0.15, -0.1) is 0 Å². The molecule has 0 aliphatic heterocycles. The van der Waals surface area contributed by atoms with Gasteiger partial charge in [0.25, 0.3) is 0 Å². The molecule has 1 aliphatic carbocycles. The van der Waals surface area contributed by atoms with E-state index in [-0.39, 0.29) is 16.6 Å². The van der Waals surface area contributed by atoms with Gasteiger partial charge in [0.2, 0.25) is 10.0 Å². The minimum absolute atomic E-state index is 0.0343. The molecule has 1 saturated carbocycles. The van der Waals surface area contributed by atoms with Crippen molar-refractivity contribution in [2.24, 2.45) is 11.8 Å². The van der Waals surface area contributed by atoms with Crippen LogP contribution in [0.25, 0.3) is 0 Å². The van der Waals surface area contributed by atoms with Crippen LogP contribution < -0.4 is 4.72 Å². The molecule has 3 unspecified atom stereocenters. The first-order valence-electron chi connectivity index (χ1n) is 6.83. The van der Waals surface area contributed by atoms with Gasteiger partial charge in [-0.2, -0.15) is 5.26 Å². The average Bonchev–Trinajstić information content (AvgIpc) is 2.43. The first-order valence-corrected chi connectivity index (χ1v) is 8.31. The molecule has 0 amide bonds. The minimum Gasteiger partial charge on any atom is -0.244 e. The van der Waals surface area contributed by atoms with Crippen LogP contribution in [0, 0.1) is 23.2 Å². The lowest BCUT2D eigenvalue weighted by Crippen LogP contribution is -2.43. The highest BCUT2D eigenvalue weighted by atomic mass is 32.2. The Bertz CT molecular complexity index is 622. The van der Waals surface area contributed by atoms with Crippen LogP contribution in [0.3, 0.4) is 0 Å². The zero-order valence-corrected chi connectivity index (χ0v) is 12.5. The predicted molar refractivity (Wildman–Crippen MR) is 75.2 cm³/mol. The summed E-state index contributed by atoms with van der Waals surface area (Å²) in [4.78, 5) is 3.78. The van der Waals surface area contributed by atoms with Crippen LogP contribution in [-0.4, -0.2) is 19.4 Å². The van der Waals surface area contributed by atoms with Gasteiger partial charge in [-0.05, 0) is 30.4 Å². The van der Waals surface area contributed by atoms with Crippen LogP contribution in [0.1, 0.15) is 38.8 Å². The van der Waals surface area contributed by atoms with E-state index < -0.39 is 10.0 Å². The number of nitriles is 1. The van der Waals surface area contributed by atoms with Crippen LogP contribution in [0.15, 0.2) is 23.2 Å². The molecule has 0 spiro atoms. The molecule has 3 atom stereocenters. The van der Waals surface area contributed by atoms with E-state index in [2.05, 4.69) is 23.6 Å². The molecule has 1 N–H and O–H groups in total. The fourth-order valence-electron chi connectivity index (χ4n) is 2.70. The molecule has 5 nitrogen and oxygen atoms in total. The van der Waals surface area contributed by atoms with Crippen molar-refractivity contribution in [1.29, 1.82) is 5.26 Å². The number of pyridine rings is 1. The number of sulfonamides is 1. The van der Waals surface area contributed by atoms with Crippen molar-refractivity contribution < 1.29 is 8.42 Å². The third kappa shape index (κ3) is 3.00. The van der Waals surface area contributed by atoms with E-state index in [0.29, 0.717) is 11.8 Å². The van der Waals surface area contributed by atoms with E-state index in [1.165, 1.54) is 18.3 Å². The van der Waals surface area contributed by atoms with Crippen LogP contribution in [0.2, 0.25) is 0 Å². The Labute approximate surface area is 120 Å². The number of hydrogen-bond donors (Lipinski definition) is 1. The van der Waals surface area contributed by atoms with Gasteiger partial charge in [0.1, 0.15) is 11.0 Å². The van der Waals surface area contributed by atoms with Gasteiger partial charge in [-0.3, -0.25) is 0 Å². The summed E-state index contributed by atoms with van der Waals surface area (Å²) in [6.07, 6.45) is 4.42. The summed E-state index contributed by atoms with van der Waals surface area (Å²) in [5.74, 6) is 0.793. The summed E-state index contributed by atoms with van der Waals surface area (Å²) in [5, 5.41) is 8.98. The van der Waals surface area contributed by atoms with Crippen LogP contribution >= 0.6 is 0 Å². The van der Waals surface area contributed by atoms with Gasteiger partial charge < -0.3 is 0 Å². The van der Waals surface area contributed by atoms with Gasteiger partial charge in [0, 0.05) is 12.2 Å². The van der Waals surface area contributed by atoms with Crippen LogP contribution in [0.5, 0.6) is 0 Å². The van der Waals surface area contributed by atoms with Gasteiger partial charge >= 0.3 is 0 Å². The SMILES string of the molecule is CC1CCCC(NS(=O)(=O)c2cccnc2C#N)C1C. The first kappa shape index (κ1) is 14.9. The second-order valence-corrected chi connectivity index (χ2v) is 7.14. The number of nitrogens with zero attached hydrogens (tertiary/aromatic N) is 2. The van der Waals surface area contributed by atoms with E-state index in [9.17, 15) is 8.42 Å². The molecule has 1 aromatic heterocycles. The molecule has 1 aliphatic rings. The average molecular weight is 293 g/mol. The van der Waals surface area contributed by atoms with Gasteiger partial charge in [-0.1, -0.05) is 26.7 Å². The fourth-order valence-corrected chi connectivity index (χ4v) is 4.17. The maximum Gasteiger partial charge on any atom is 0.243 e. The van der Waals surface area contributed by atoms with Crippen LogP contribution in [-0.2, 0) is 10.0 Å². The summed E-state index contributed by atoms with van der Waals surface area (Å²) >= 11 is 0. The molecule has 0 saturated heterocycles. The maximum atomic E-state index is 12.4. The summed E-state index contributed by atoms with van der Waals surface area (Å²) in [6, 6.07) is 4.71. The summed E-state index contributed by atoms with van der Waals surface area (Å²) in [5.41, 5.74) is -0.0588. The van der Waals surface area contributed by atoms with Gasteiger partial charge in [0.05, 0.1) is 0 Å². The zero-order chi connectivity index (χ0) is 14.8. The standard InChI is InChI=1S/C14H19N3O2S/c1-10-5-3-6-12(11(10)2)17-20(18,19)14-7-4-8-16-13(14)9-15/h4,7-8,10-12,17H,3,5-6H2,1-2H3. The summed E-state index contributed by atoms with van der Waals surface area (Å²) in [6.45, 7) is 4.22. The van der Waals surface area contributed by atoms with Crippen molar-refractivity contribution in [2.45, 2.75) is 44.0 Å². The normalized spacial score (nSPS) is 26.9. The fraction of sp³-hybridized carbons (Fsp3) is 0.571. The zero-order valence-electron chi connectivity index (χ0n) is 11.7. The third-order valence-electron chi connectivity index (χ3n) is 4.18. The molecular formula is C14H19N3O2S. The molecule has 20 heavy (non-hydrogen) atoms. The van der Waals surface area contributed by atoms with Crippen molar-refractivity contribution in [2.75, 3.05) is 0 Å². The number of aromatic nitrogens is 1. The molecule has 0 radical (unpaired) electrons. The van der Waals surface area contributed by atoms with Crippen molar-refractivity contribution in [1.82, 2.24) is 9.71 Å². The Balaban J connectivity index is 2.26. The Kier molecular flexibility index (Phi) is 4.41. The highest BCUT2D eigenvalue weighted by Crippen LogP contribution is 2.30. The second-order valence-electron chi connectivity index (χ2n) is 5.46. The topological polar surface area (TPSA) is 82.8 Å². The highest BCUT2D eigenvalue weighted by Gasteiger charge is 2.31. The third-order valence-corrected chi connectivity index (χ3v) is 5.70. The molecule has 6 heteroatoms. The minimum atomic E-state index is -3.69. The molecule has 0 bridgehead atoms. The smallest absolute Gasteiger partial charge is 0.243 e. The Morgan fingerprint density at radius 2 is 2.15 bits per heavy atom. The lowest BCUT2D eigenvalue weighted by atomic mass is 9.78. The molecule has 108 valence electrons. The van der Waals surface area contributed by atoms with Crippen molar-refractivity contribution in [3.8, 4) is 6.07 Å². The van der Waals surface area contributed by atoms with Gasteiger partial charge in [-0.25, -0.2) is 18.1 Å². The van der Waals surface area contributed by atoms with Crippen molar-refractivity contribution >= 4 is 10.0 Å². The number of rotatable bonds is 3. The van der Waals surface area contributed by atoms with E-state index >= 15 is 0 Å². The van der Waals surface area contributed by atoms with Crippen molar-refractivity contribution in [3.05, 3.63) is 24.0 Å². The molecule has 0 aromatic carbocycles. The Morgan fingerprint density at radius 1 is 1.40 bits per heavy atom. The predicted octanol–water partition coefficient (Wildman–Crippen LogP) is 2.06. The number of hydrogen-bond acceptors (Lipinski definition) is 4. The van der Waals surface area contributed by atoms with Crippen molar-refractivity contribution in [3.63, 3.8) is 0 Å². The van der Waals surface area contributed by atoms with E-state index in [0.717, 1.165) is 19.3 Å². The molecule has 1 fully saturated rings.